The predicted octanol–water partition coefficient (Wildman–Crippen LogP) is 4.64. The van der Waals surface area contributed by atoms with Crippen LogP contribution in [0.2, 0.25) is 0 Å². The van der Waals surface area contributed by atoms with Crippen molar-refractivity contribution in [1.82, 2.24) is 15.0 Å². The molecule has 2 heterocycles. The van der Waals surface area contributed by atoms with Gasteiger partial charge in [-0.05, 0) is 32.6 Å². The summed E-state index contributed by atoms with van der Waals surface area (Å²) in [6, 6.07) is 1.40. The zero-order chi connectivity index (χ0) is 19.7. The third-order valence-corrected chi connectivity index (χ3v) is 5.85. The van der Waals surface area contributed by atoms with Gasteiger partial charge in [-0.3, -0.25) is 0 Å². The van der Waals surface area contributed by atoms with Crippen LogP contribution in [0.1, 0.15) is 67.5 Å². The van der Waals surface area contributed by atoms with E-state index in [0.29, 0.717) is 35.4 Å². The number of carbonyl (C=O) groups excluding carboxylic acids is 1. The molecule has 0 saturated heterocycles. The SMILES string of the molecule is CCOC(=O)c1cc(NC2CCC(F)(F)CC2)nc(-c2nc(C3CC3)cs2)n1. The molecule has 0 atom stereocenters. The van der Waals surface area contributed by atoms with Gasteiger partial charge in [0.25, 0.3) is 0 Å². The molecule has 150 valence electrons. The molecular formula is C19H22F2N4O2S. The van der Waals surface area contributed by atoms with Crippen molar-refractivity contribution in [3.63, 3.8) is 0 Å². The summed E-state index contributed by atoms with van der Waals surface area (Å²) < 4.78 is 31.9. The molecule has 0 spiro atoms. The van der Waals surface area contributed by atoms with Crippen molar-refractivity contribution in [2.75, 3.05) is 11.9 Å². The molecule has 0 aliphatic heterocycles. The van der Waals surface area contributed by atoms with Gasteiger partial charge in [-0.2, -0.15) is 0 Å². The van der Waals surface area contributed by atoms with Crippen LogP contribution in [0.3, 0.4) is 0 Å². The van der Waals surface area contributed by atoms with E-state index in [2.05, 4.69) is 20.3 Å². The third-order valence-electron chi connectivity index (χ3n) is 4.99. The van der Waals surface area contributed by atoms with E-state index in [1.54, 1.807) is 6.92 Å². The lowest BCUT2D eigenvalue weighted by atomic mass is 9.92. The number of esters is 1. The van der Waals surface area contributed by atoms with Crippen molar-refractivity contribution in [2.24, 2.45) is 0 Å². The summed E-state index contributed by atoms with van der Waals surface area (Å²) >= 11 is 1.44. The normalized spacial score (nSPS) is 19.4. The predicted molar refractivity (Wildman–Crippen MR) is 102 cm³/mol. The summed E-state index contributed by atoms with van der Waals surface area (Å²) in [6.45, 7) is 1.96. The van der Waals surface area contributed by atoms with Gasteiger partial charge in [0.15, 0.2) is 16.5 Å². The molecule has 6 nitrogen and oxygen atoms in total. The van der Waals surface area contributed by atoms with Crippen LogP contribution >= 0.6 is 11.3 Å². The number of alkyl halides is 2. The van der Waals surface area contributed by atoms with E-state index >= 15 is 0 Å². The molecule has 0 bridgehead atoms. The Morgan fingerprint density at radius 2 is 2.00 bits per heavy atom. The van der Waals surface area contributed by atoms with E-state index in [0.717, 1.165) is 18.5 Å². The second-order valence-electron chi connectivity index (χ2n) is 7.31. The van der Waals surface area contributed by atoms with Crippen LogP contribution < -0.4 is 5.32 Å². The monoisotopic (exact) mass is 408 g/mol. The Bertz CT molecular complexity index is 859. The molecule has 2 aliphatic carbocycles. The highest BCUT2D eigenvalue weighted by molar-refractivity contribution is 7.13. The summed E-state index contributed by atoms with van der Waals surface area (Å²) in [6.07, 6.45) is 2.70. The van der Waals surface area contributed by atoms with Gasteiger partial charge in [0.2, 0.25) is 5.92 Å². The Kier molecular flexibility index (Phi) is 5.27. The fourth-order valence-corrected chi connectivity index (χ4v) is 4.11. The van der Waals surface area contributed by atoms with E-state index in [1.807, 2.05) is 5.38 Å². The second kappa shape index (κ2) is 7.69. The van der Waals surface area contributed by atoms with E-state index in [9.17, 15) is 13.6 Å². The Morgan fingerprint density at radius 1 is 1.25 bits per heavy atom. The molecule has 2 fully saturated rings. The van der Waals surface area contributed by atoms with E-state index in [1.165, 1.54) is 17.4 Å². The summed E-state index contributed by atoms with van der Waals surface area (Å²) in [4.78, 5) is 25.7. The molecule has 28 heavy (non-hydrogen) atoms. The number of thiazole rings is 1. The zero-order valence-corrected chi connectivity index (χ0v) is 16.4. The lowest BCUT2D eigenvalue weighted by Gasteiger charge is -2.29. The molecule has 0 radical (unpaired) electrons. The number of carbonyl (C=O) groups is 1. The summed E-state index contributed by atoms with van der Waals surface area (Å²) in [5.41, 5.74) is 1.17. The summed E-state index contributed by atoms with van der Waals surface area (Å²) in [5, 5.41) is 5.84. The number of ether oxygens (including phenoxy) is 1. The van der Waals surface area contributed by atoms with Crippen LogP contribution in [0.4, 0.5) is 14.6 Å². The lowest BCUT2D eigenvalue weighted by Crippen LogP contribution is -2.32. The fourth-order valence-electron chi connectivity index (χ4n) is 3.28. The largest absolute Gasteiger partial charge is 0.461 e. The smallest absolute Gasteiger partial charge is 0.357 e. The first-order chi connectivity index (χ1) is 13.4. The van der Waals surface area contributed by atoms with Gasteiger partial charge in [-0.15, -0.1) is 11.3 Å². The van der Waals surface area contributed by atoms with Crippen LogP contribution in [0, 0.1) is 0 Å². The van der Waals surface area contributed by atoms with Gasteiger partial charge in [-0.25, -0.2) is 28.5 Å². The van der Waals surface area contributed by atoms with Crippen molar-refractivity contribution >= 4 is 23.1 Å². The van der Waals surface area contributed by atoms with E-state index in [4.69, 9.17) is 4.74 Å². The zero-order valence-electron chi connectivity index (χ0n) is 15.6. The van der Waals surface area contributed by atoms with Crippen LogP contribution in [-0.4, -0.2) is 39.5 Å². The topological polar surface area (TPSA) is 77.0 Å². The van der Waals surface area contributed by atoms with Crippen molar-refractivity contribution in [3.05, 3.63) is 22.8 Å². The highest BCUT2D eigenvalue weighted by atomic mass is 32.1. The molecule has 0 amide bonds. The minimum absolute atomic E-state index is 0.115. The van der Waals surface area contributed by atoms with Gasteiger partial charge >= 0.3 is 5.97 Å². The lowest BCUT2D eigenvalue weighted by molar-refractivity contribution is -0.0361. The summed E-state index contributed by atoms with van der Waals surface area (Å²) in [7, 11) is 0. The number of anilines is 1. The average Bonchev–Trinajstić information content (AvgIpc) is 3.40. The number of hydrogen-bond acceptors (Lipinski definition) is 7. The second-order valence-corrected chi connectivity index (χ2v) is 8.17. The van der Waals surface area contributed by atoms with Crippen molar-refractivity contribution in [2.45, 2.75) is 63.3 Å². The van der Waals surface area contributed by atoms with Gasteiger partial charge in [-0.1, -0.05) is 0 Å². The molecule has 1 N–H and O–H groups in total. The van der Waals surface area contributed by atoms with Gasteiger partial charge < -0.3 is 10.1 Å². The molecule has 0 aromatic carbocycles. The maximum atomic E-state index is 13.4. The van der Waals surface area contributed by atoms with Crippen molar-refractivity contribution < 1.29 is 18.3 Å². The van der Waals surface area contributed by atoms with Crippen LogP contribution in [0.15, 0.2) is 11.4 Å². The van der Waals surface area contributed by atoms with Crippen LogP contribution in [-0.2, 0) is 4.74 Å². The number of nitrogens with zero attached hydrogens (tertiary/aromatic N) is 3. The molecule has 9 heteroatoms. The number of rotatable bonds is 6. The molecule has 2 saturated carbocycles. The quantitative estimate of drug-likeness (QED) is 0.702. The Labute approximate surface area is 165 Å². The average molecular weight is 408 g/mol. The third kappa shape index (κ3) is 4.45. The Morgan fingerprint density at radius 3 is 2.68 bits per heavy atom. The summed E-state index contributed by atoms with van der Waals surface area (Å²) in [5.74, 6) is -1.83. The first-order valence-electron chi connectivity index (χ1n) is 9.60. The van der Waals surface area contributed by atoms with Gasteiger partial charge in [0.1, 0.15) is 5.82 Å². The van der Waals surface area contributed by atoms with Crippen molar-refractivity contribution in [3.8, 4) is 10.8 Å². The Hall–Kier alpha value is -2.16. The maximum Gasteiger partial charge on any atom is 0.357 e. The molecule has 2 aromatic rings. The molecule has 2 aromatic heterocycles. The number of aromatic nitrogens is 3. The van der Waals surface area contributed by atoms with Gasteiger partial charge in [0, 0.05) is 36.2 Å². The standard InChI is InChI=1S/C19H22F2N4O2S/c1-2-27-18(26)13-9-15(22-12-5-7-19(20,21)8-6-12)25-16(23-13)17-24-14(10-28-17)11-3-4-11/h9-12H,2-8H2,1H3,(H,22,23,25). The molecule has 4 rings (SSSR count). The molecule has 2 aliphatic rings. The number of halogens is 2. The van der Waals surface area contributed by atoms with Crippen molar-refractivity contribution in [1.29, 1.82) is 0 Å². The van der Waals surface area contributed by atoms with Crippen LogP contribution in [0.25, 0.3) is 10.8 Å². The highest BCUT2D eigenvalue weighted by Gasteiger charge is 2.35. The van der Waals surface area contributed by atoms with E-state index < -0.39 is 11.9 Å². The molecular weight excluding hydrogens is 386 g/mol. The fraction of sp³-hybridized carbons (Fsp3) is 0.579. The minimum atomic E-state index is -2.59. The van der Waals surface area contributed by atoms with E-state index in [-0.39, 0.29) is 31.2 Å². The first-order valence-corrected chi connectivity index (χ1v) is 10.5. The number of hydrogen-bond donors (Lipinski definition) is 1. The number of nitrogens with one attached hydrogen (secondary N) is 1. The van der Waals surface area contributed by atoms with Crippen LogP contribution in [0.5, 0.6) is 0 Å². The minimum Gasteiger partial charge on any atom is -0.461 e. The Balaban J connectivity index is 1.59. The highest BCUT2D eigenvalue weighted by Crippen LogP contribution is 2.41. The maximum absolute atomic E-state index is 13.4. The first kappa shape index (κ1) is 19.2. The van der Waals surface area contributed by atoms with Gasteiger partial charge in [0.05, 0.1) is 12.3 Å². The molecule has 0 unspecified atom stereocenters.